The molecular weight excluding hydrogens is 179 g/mol. The molecule has 2 rings (SSSR count). The Hall–Kier alpha value is -1.26. The normalized spacial score (nSPS) is 10.8. The van der Waals surface area contributed by atoms with E-state index in [-0.39, 0.29) is 0 Å². The van der Waals surface area contributed by atoms with Crippen LogP contribution in [0.1, 0.15) is 12.5 Å². The molecular formula is C10H11BO3. The number of furan rings is 1. The molecule has 0 saturated heterocycles. The minimum Gasteiger partial charge on any atom is -0.465 e. The zero-order valence-electron chi connectivity index (χ0n) is 7.90. The van der Waals surface area contributed by atoms with E-state index in [9.17, 15) is 0 Å². The van der Waals surface area contributed by atoms with Crippen molar-refractivity contribution < 1.29 is 14.5 Å². The summed E-state index contributed by atoms with van der Waals surface area (Å²) in [6.45, 7) is 2.02. The summed E-state index contributed by atoms with van der Waals surface area (Å²) < 4.78 is 5.19. The van der Waals surface area contributed by atoms with Gasteiger partial charge in [-0.3, -0.25) is 0 Å². The highest BCUT2D eigenvalue weighted by atomic mass is 16.4. The highest BCUT2D eigenvalue weighted by Gasteiger charge is 2.17. The van der Waals surface area contributed by atoms with E-state index >= 15 is 0 Å². The van der Waals surface area contributed by atoms with Crippen molar-refractivity contribution in [3.05, 3.63) is 30.0 Å². The number of aryl methyl sites for hydroxylation is 1. The van der Waals surface area contributed by atoms with Crippen LogP contribution < -0.4 is 5.46 Å². The van der Waals surface area contributed by atoms with Gasteiger partial charge in [-0.1, -0.05) is 13.0 Å². The van der Waals surface area contributed by atoms with Crippen LogP contribution in [-0.2, 0) is 6.42 Å². The Morgan fingerprint density at radius 1 is 1.36 bits per heavy atom. The number of hydrogen-bond donors (Lipinski definition) is 2. The van der Waals surface area contributed by atoms with Gasteiger partial charge in [-0.05, 0) is 24.1 Å². The van der Waals surface area contributed by atoms with Crippen LogP contribution in [0.2, 0.25) is 0 Å². The van der Waals surface area contributed by atoms with Crippen LogP contribution in [0, 0.1) is 0 Å². The molecule has 0 aliphatic carbocycles. The molecule has 14 heavy (non-hydrogen) atoms. The van der Waals surface area contributed by atoms with Gasteiger partial charge in [0.25, 0.3) is 0 Å². The van der Waals surface area contributed by atoms with Crippen molar-refractivity contribution in [3.8, 4) is 0 Å². The first-order valence-electron chi connectivity index (χ1n) is 4.58. The van der Waals surface area contributed by atoms with E-state index in [0.717, 1.165) is 17.4 Å². The summed E-state index contributed by atoms with van der Waals surface area (Å²) in [5.74, 6) is 0. The summed E-state index contributed by atoms with van der Waals surface area (Å²) in [6, 6.07) is 5.57. The van der Waals surface area contributed by atoms with Gasteiger partial charge >= 0.3 is 7.12 Å². The summed E-state index contributed by atoms with van der Waals surface area (Å²) in [5, 5.41) is 19.2. The van der Waals surface area contributed by atoms with Gasteiger partial charge < -0.3 is 14.5 Å². The molecule has 2 aromatic rings. The van der Waals surface area contributed by atoms with E-state index in [1.165, 1.54) is 0 Å². The lowest BCUT2D eigenvalue weighted by atomic mass is 9.78. The Kier molecular flexibility index (Phi) is 2.31. The van der Waals surface area contributed by atoms with Gasteiger partial charge in [-0.2, -0.15) is 0 Å². The lowest BCUT2D eigenvalue weighted by Crippen LogP contribution is -2.30. The molecule has 0 spiro atoms. The van der Waals surface area contributed by atoms with Crippen molar-refractivity contribution in [3.63, 3.8) is 0 Å². The third-order valence-corrected chi connectivity index (χ3v) is 2.33. The van der Waals surface area contributed by atoms with Crippen molar-refractivity contribution in [2.75, 3.05) is 0 Å². The standard InChI is InChI=1S/C10H11BO3/c1-2-7-5-8-3-4-14-10(8)9(6-7)11(12)13/h3-6,12-13H,2H2,1H3. The van der Waals surface area contributed by atoms with Gasteiger partial charge in [0, 0.05) is 10.8 Å². The zero-order valence-corrected chi connectivity index (χ0v) is 7.90. The van der Waals surface area contributed by atoms with Gasteiger partial charge in [0.1, 0.15) is 5.58 Å². The lowest BCUT2D eigenvalue weighted by Gasteiger charge is -2.03. The second-order valence-corrected chi connectivity index (χ2v) is 3.25. The molecule has 1 heterocycles. The maximum atomic E-state index is 9.16. The first-order chi connectivity index (χ1) is 6.72. The Morgan fingerprint density at radius 2 is 2.14 bits per heavy atom. The second-order valence-electron chi connectivity index (χ2n) is 3.25. The third-order valence-electron chi connectivity index (χ3n) is 2.33. The first kappa shape index (κ1) is 9.31. The maximum Gasteiger partial charge on any atom is 0.492 e. The van der Waals surface area contributed by atoms with Gasteiger partial charge in [0.05, 0.1) is 6.26 Å². The maximum absolute atomic E-state index is 9.16. The van der Waals surface area contributed by atoms with E-state index in [1.54, 1.807) is 12.3 Å². The van der Waals surface area contributed by atoms with Gasteiger partial charge in [0.15, 0.2) is 0 Å². The summed E-state index contributed by atoms with van der Waals surface area (Å²) >= 11 is 0. The molecule has 72 valence electrons. The summed E-state index contributed by atoms with van der Waals surface area (Å²) in [6.07, 6.45) is 2.41. The smallest absolute Gasteiger partial charge is 0.465 e. The molecule has 3 nitrogen and oxygen atoms in total. The molecule has 1 aromatic carbocycles. The molecule has 0 aliphatic rings. The molecule has 1 aromatic heterocycles. The van der Waals surface area contributed by atoms with E-state index in [2.05, 4.69) is 0 Å². The quantitative estimate of drug-likeness (QED) is 0.684. The SMILES string of the molecule is CCc1cc(B(O)O)c2occc2c1. The molecule has 4 heteroatoms. The fourth-order valence-corrected chi connectivity index (χ4v) is 1.57. The molecule has 2 N–H and O–H groups in total. The Morgan fingerprint density at radius 3 is 2.79 bits per heavy atom. The van der Waals surface area contributed by atoms with Gasteiger partial charge in [-0.15, -0.1) is 0 Å². The van der Waals surface area contributed by atoms with E-state index in [1.807, 2.05) is 19.1 Å². The Balaban J connectivity index is 2.70. The van der Waals surface area contributed by atoms with Crippen molar-refractivity contribution in [1.29, 1.82) is 0 Å². The van der Waals surface area contributed by atoms with E-state index < -0.39 is 7.12 Å². The predicted molar refractivity (Wildman–Crippen MR) is 55.4 cm³/mol. The van der Waals surface area contributed by atoms with Crippen LogP contribution in [0.15, 0.2) is 28.9 Å². The molecule has 0 fully saturated rings. The molecule has 0 radical (unpaired) electrons. The topological polar surface area (TPSA) is 53.6 Å². The van der Waals surface area contributed by atoms with Crippen LogP contribution in [-0.4, -0.2) is 17.2 Å². The zero-order chi connectivity index (χ0) is 10.1. The fraction of sp³-hybridized carbons (Fsp3) is 0.200. The Labute approximate surface area is 82.1 Å². The van der Waals surface area contributed by atoms with E-state index in [0.29, 0.717) is 11.0 Å². The highest BCUT2D eigenvalue weighted by Crippen LogP contribution is 2.16. The fourth-order valence-electron chi connectivity index (χ4n) is 1.57. The van der Waals surface area contributed by atoms with Gasteiger partial charge in [-0.25, -0.2) is 0 Å². The van der Waals surface area contributed by atoms with Crippen LogP contribution in [0.3, 0.4) is 0 Å². The average molecular weight is 190 g/mol. The largest absolute Gasteiger partial charge is 0.492 e. The second kappa shape index (κ2) is 3.48. The van der Waals surface area contributed by atoms with Crippen LogP contribution >= 0.6 is 0 Å². The number of fused-ring (bicyclic) bond motifs is 1. The predicted octanol–water partition coefficient (Wildman–Crippen LogP) is 0.675. The van der Waals surface area contributed by atoms with Crippen molar-refractivity contribution in [1.82, 2.24) is 0 Å². The van der Waals surface area contributed by atoms with E-state index in [4.69, 9.17) is 14.5 Å². The molecule has 0 unspecified atom stereocenters. The van der Waals surface area contributed by atoms with Crippen molar-refractivity contribution in [2.24, 2.45) is 0 Å². The van der Waals surface area contributed by atoms with Crippen molar-refractivity contribution >= 4 is 23.6 Å². The Bertz CT molecular complexity index is 448. The van der Waals surface area contributed by atoms with Crippen LogP contribution in [0.4, 0.5) is 0 Å². The monoisotopic (exact) mass is 190 g/mol. The van der Waals surface area contributed by atoms with Crippen LogP contribution in [0.5, 0.6) is 0 Å². The molecule has 0 aliphatic heterocycles. The van der Waals surface area contributed by atoms with Crippen LogP contribution in [0.25, 0.3) is 11.0 Å². The summed E-state index contributed by atoms with van der Waals surface area (Å²) in [7, 11) is -1.48. The molecule has 0 atom stereocenters. The minimum atomic E-state index is -1.48. The molecule has 0 bridgehead atoms. The first-order valence-corrected chi connectivity index (χ1v) is 4.58. The molecule has 0 amide bonds. The summed E-state index contributed by atoms with van der Waals surface area (Å²) in [4.78, 5) is 0. The number of benzene rings is 1. The number of rotatable bonds is 2. The average Bonchev–Trinajstić information content (AvgIpc) is 2.63. The lowest BCUT2D eigenvalue weighted by molar-refractivity contribution is 0.425. The van der Waals surface area contributed by atoms with Gasteiger partial charge in [0.2, 0.25) is 0 Å². The summed E-state index contributed by atoms with van der Waals surface area (Å²) in [5.41, 5.74) is 2.06. The molecule has 0 saturated carbocycles. The third kappa shape index (κ3) is 1.43. The van der Waals surface area contributed by atoms with Crippen molar-refractivity contribution in [2.45, 2.75) is 13.3 Å². The number of hydrogen-bond acceptors (Lipinski definition) is 3. The highest BCUT2D eigenvalue weighted by molar-refractivity contribution is 6.61. The minimum absolute atomic E-state index is 0.435.